The fourth-order valence-electron chi connectivity index (χ4n) is 1.71. The number of thioether (sulfide) groups is 1. The molecule has 0 aliphatic rings. The van der Waals surface area contributed by atoms with E-state index in [1.165, 1.54) is 12.1 Å². The Morgan fingerprint density at radius 2 is 1.62 bits per heavy atom. The normalized spacial score (nSPS) is 10.3. The van der Waals surface area contributed by atoms with Crippen molar-refractivity contribution in [2.75, 3.05) is 10.7 Å². The van der Waals surface area contributed by atoms with Gasteiger partial charge in [0, 0.05) is 10.6 Å². The minimum atomic E-state index is -2.46. The van der Waals surface area contributed by atoms with Gasteiger partial charge in [0.25, 0.3) is 5.76 Å². The van der Waals surface area contributed by atoms with Gasteiger partial charge < -0.3 is 10.4 Å². The highest BCUT2D eigenvalue weighted by Crippen LogP contribution is 2.26. The summed E-state index contributed by atoms with van der Waals surface area (Å²) in [6.45, 7) is 0. The zero-order valence-corrected chi connectivity index (χ0v) is 13.8. The van der Waals surface area contributed by atoms with Crippen molar-refractivity contribution >= 4 is 46.4 Å². The molecule has 0 atom stereocenters. The van der Waals surface area contributed by atoms with Gasteiger partial charge in [0.1, 0.15) is 0 Å². The van der Waals surface area contributed by atoms with Crippen LogP contribution in [0.25, 0.3) is 0 Å². The second-order valence-electron chi connectivity index (χ2n) is 4.49. The second kappa shape index (κ2) is 8.46. The number of nitrogens with one attached hydrogen (secondary N) is 3. The maximum Gasteiger partial charge on any atom is 0.335 e. The number of anilines is 2. The number of rotatable bonds is 6. The fraction of sp³-hybridized carbons (Fsp3) is 0.0667. The van der Waals surface area contributed by atoms with Gasteiger partial charge >= 0.3 is 5.97 Å². The summed E-state index contributed by atoms with van der Waals surface area (Å²) in [5.41, 5.74) is 7.02. The molecule has 0 bridgehead atoms. The molecule has 24 heavy (non-hydrogen) atoms. The smallest absolute Gasteiger partial charge is 0.335 e. The number of benzene rings is 2. The van der Waals surface area contributed by atoms with Crippen LogP contribution >= 0.6 is 24.0 Å². The maximum absolute atomic E-state index is 12.2. The second-order valence-corrected chi connectivity index (χ2v) is 5.96. The fourth-order valence-corrected chi connectivity index (χ4v) is 2.37. The third kappa shape index (κ3) is 5.67. The molecule has 126 valence electrons. The van der Waals surface area contributed by atoms with E-state index in [0.29, 0.717) is 28.0 Å². The predicted octanol–water partition coefficient (Wildman–Crippen LogP) is 4.01. The van der Waals surface area contributed by atoms with Crippen molar-refractivity contribution in [1.82, 2.24) is 5.43 Å². The Balaban J connectivity index is 1.83. The lowest BCUT2D eigenvalue weighted by Gasteiger charge is -2.13. The van der Waals surface area contributed by atoms with Crippen LogP contribution < -0.4 is 16.2 Å². The molecule has 0 saturated heterocycles. The van der Waals surface area contributed by atoms with E-state index in [0.717, 1.165) is 0 Å². The van der Waals surface area contributed by atoms with Crippen molar-refractivity contribution in [2.45, 2.75) is 10.7 Å². The highest BCUT2D eigenvalue weighted by atomic mass is 32.2. The number of hydrazine groups is 1. The average Bonchev–Trinajstić information content (AvgIpc) is 2.54. The minimum Gasteiger partial charge on any atom is -0.478 e. The summed E-state index contributed by atoms with van der Waals surface area (Å²) >= 11 is 5.57. The van der Waals surface area contributed by atoms with Gasteiger partial charge in [-0.2, -0.15) is 8.78 Å². The molecule has 2 aromatic carbocycles. The summed E-state index contributed by atoms with van der Waals surface area (Å²) in [5.74, 6) is -3.46. The Morgan fingerprint density at radius 1 is 1.04 bits per heavy atom. The summed E-state index contributed by atoms with van der Waals surface area (Å²) < 4.78 is 24.5. The third-order valence-corrected chi connectivity index (χ3v) is 3.72. The Morgan fingerprint density at radius 3 is 2.17 bits per heavy atom. The standard InChI is InChI=1S/C15H13F2N3O2S2/c16-14(17)24-12-7-5-10(6-8-12)18-15(23)20-19-11-3-1-9(2-4-11)13(21)22/h1-8,14,19H,(H,21,22)(H2,18,20,23). The number of carboxylic acids is 1. The first-order chi connectivity index (χ1) is 11.4. The van der Waals surface area contributed by atoms with Crippen LogP contribution in [-0.2, 0) is 0 Å². The van der Waals surface area contributed by atoms with Crippen molar-refractivity contribution < 1.29 is 18.7 Å². The molecule has 0 spiro atoms. The van der Waals surface area contributed by atoms with E-state index >= 15 is 0 Å². The molecule has 0 radical (unpaired) electrons. The Bertz CT molecular complexity index is 710. The number of thiocarbonyl (C=S) groups is 1. The zero-order chi connectivity index (χ0) is 17.5. The topological polar surface area (TPSA) is 73.4 Å². The molecule has 4 N–H and O–H groups in total. The lowest BCUT2D eigenvalue weighted by molar-refractivity contribution is 0.0697. The first-order valence-corrected chi connectivity index (χ1v) is 7.94. The number of alkyl halides is 2. The highest BCUT2D eigenvalue weighted by Gasteiger charge is 2.05. The molecule has 0 aliphatic carbocycles. The molecular weight excluding hydrogens is 356 g/mol. The van der Waals surface area contributed by atoms with Crippen molar-refractivity contribution in [2.24, 2.45) is 0 Å². The third-order valence-electron chi connectivity index (χ3n) is 2.79. The molecule has 0 fully saturated rings. The summed E-state index contributed by atoms with van der Waals surface area (Å²) in [7, 11) is 0. The molecule has 2 rings (SSSR count). The van der Waals surface area contributed by atoms with E-state index in [2.05, 4.69) is 16.2 Å². The van der Waals surface area contributed by atoms with Gasteiger partial charge in [0.15, 0.2) is 5.11 Å². The largest absolute Gasteiger partial charge is 0.478 e. The minimum absolute atomic E-state index is 0.183. The van der Waals surface area contributed by atoms with E-state index < -0.39 is 11.7 Å². The van der Waals surface area contributed by atoms with Crippen LogP contribution in [0, 0.1) is 0 Å². The first-order valence-electron chi connectivity index (χ1n) is 6.65. The van der Waals surface area contributed by atoms with Crippen LogP contribution in [0.3, 0.4) is 0 Å². The van der Waals surface area contributed by atoms with E-state index in [4.69, 9.17) is 17.3 Å². The molecule has 2 aromatic rings. The number of aromatic carboxylic acids is 1. The highest BCUT2D eigenvalue weighted by molar-refractivity contribution is 7.99. The Kier molecular flexibility index (Phi) is 6.33. The molecule has 0 aromatic heterocycles. The summed E-state index contributed by atoms with van der Waals surface area (Å²) in [4.78, 5) is 11.2. The predicted molar refractivity (Wildman–Crippen MR) is 94.7 cm³/mol. The van der Waals surface area contributed by atoms with Crippen molar-refractivity contribution in [3.8, 4) is 0 Å². The quantitative estimate of drug-likeness (QED) is 0.348. The Labute approximate surface area is 146 Å². The Hall–Kier alpha value is -2.39. The van der Waals surface area contributed by atoms with E-state index in [1.54, 1.807) is 36.4 Å². The molecule has 0 aliphatic heterocycles. The van der Waals surface area contributed by atoms with Crippen molar-refractivity contribution in [3.05, 3.63) is 54.1 Å². The van der Waals surface area contributed by atoms with Gasteiger partial charge in [-0.05, 0) is 60.7 Å². The van der Waals surface area contributed by atoms with Crippen LogP contribution in [0.2, 0.25) is 0 Å². The van der Waals surface area contributed by atoms with E-state index in [9.17, 15) is 13.6 Å². The van der Waals surface area contributed by atoms with Gasteiger partial charge in [-0.25, -0.2) is 4.79 Å². The lowest BCUT2D eigenvalue weighted by Crippen LogP contribution is -2.33. The molecule has 9 heteroatoms. The van der Waals surface area contributed by atoms with Crippen molar-refractivity contribution in [3.63, 3.8) is 0 Å². The molecule has 0 unspecified atom stereocenters. The molecular formula is C15H13F2N3O2S2. The molecule has 0 amide bonds. The number of hydrogen-bond donors (Lipinski definition) is 4. The number of halogens is 2. The number of carboxylic acid groups (broad SMARTS) is 1. The van der Waals surface area contributed by atoms with Gasteiger partial charge in [-0.1, -0.05) is 11.8 Å². The van der Waals surface area contributed by atoms with Crippen LogP contribution in [0.4, 0.5) is 20.2 Å². The SMILES string of the molecule is O=C(O)c1ccc(NNC(=S)Nc2ccc(SC(F)F)cc2)cc1. The van der Waals surface area contributed by atoms with E-state index in [-0.39, 0.29) is 10.7 Å². The van der Waals surface area contributed by atoms with Gasteiger partial charge in [-0.3, -0.25) is 10.9 Å². The monoisotopic (exact) mass is 369 g/mol. The first kappa shape index (κ1) is 18.0. The van der Waals surface area contributed by atoms with Crippen LogP contribution in [0.15, 0.2) is 53.4 Å². The molecule has 5 nitrogen and oxygen atoms in total. The maximum atomic E-state index is 12.2. The van der Waals surface area contributed by atoms with E-state index in [1.807, 2.05) is 0 Å². The van der Waals surface area contributed by atoms with Gasteiger partial charge in [0.05, 0.1) is 11.3 Å². The van der Waals surface area contributed by atoms with Crippen LogP contribution in [-0.4, -0.2) is 21.9 Å². The molecule has 0 saturated carbocycles. The average molecular weight is 369 g/mol. The van der Waals surface area contributed by atoms with Gasteiger partial charge in [-0.15, -0.1) is 0 Å². The lowest BCUT2D eigenvalue weighted by atomic mass is 10.2. The summed E-state index contributed by atoms with van der Waals surface area (Å²) in [6, 6.07) is 12.5. The number of hydrogen-bond acceptors (Lipinski definition) is 4. The van der Waals surface area contributed by atoms with Crippen molar-refractivity contribution in [1.29, 1.82) is 0 Å². The number of carbonyl (C=O) groups is 1. The van der Waals surface area contributed by atoms with Crippen LogP contribution in [0.5, 0.6) is 0 Å². The zero-order valence-electron chi connectivity index (χ0n) is 12.1. The summed E-state index contributed by atoms with van der Waals surface area (Å²) in [6.07, 6.45) is 0. The summed E-state index contributed by atoms with van der Waals surface area (Å²) in [5, 5.41) is 12.0. The van der Waals surface area contributed by atoms with Gasteiger partial charge in [0.2, 0.25) is 0 Å². The van der Waals surface area contributed by atoms with Crippen LogP contribution in [0.1, 0.15) is 10.4 Å². The molecule has 0 heterocycles.